The van der Waals surface area contributed by atoms with Crippen molar-refractivity contribution in [3.63, 3.8) is 0 Å². The Hall–Kier alpha value is 1.24. The van der Waals surface area contributed by atoms with Crippen LogP contribution in [0.15, 0.2) is 0 Å². The van der Waals surface area contributed by atoms with E-state index in [2.05, 4.69) is 17.5 Å². The van der Waals surface area contributed by atoms with E-state index < -0.39 is 15.9 Å². The standard InChI is InChI=1S/C3H8N2O3S2.K/c4-3(9)5-1-2-10(6,7)8;/h1-2H2,(H3,4,5,9)(H,6,7,8);/q;+1/p-1. The first-order valence-corrected chi connectivity index (χ1v) is 4.37. The first-order valence-electron chi connectivity index (χ1n) is 2.39. The van der Waals surface area contributed by atoms with Crippen molar-refractivity contribution in [2.24, 2.45) is 5.73 Å². The van der Waals surface area contributed by atoms with Crippen LogP contribution >= 0.6 is 12.2 Å². The van der Waals surface area contributed by atoms with Crippen LogP contribution in [-0.4, -0.2) is 30.4 Å². The minimum atomic E-state index is -4.15. The van der Waals surface area contributed by atoms with E-state index in [1.54, 1.807) is 0 Å². The maximum atomic E-state index is 9.93. The van der Waals surface area contributed by atoms with Crippen LogP contribution in [0.4, 0.5) is 0 Å². The molecule has 5 nitrogen and oxygen atoms in total. The zero-order valence-electron chi connectivity index (χ0n) is 6.03. The van der Waals surface area contributed by atoms with E-state index >= 15 is 0 Å². The summed E-state index contributed by atoms with van der Waals surface area (Å²) < 4.78 is 29.8. The van der Waals surface area contributed by atoms with Gasteiger partial charge in [-0.05, 0) is 12.2 Å². The number of thiocarbonyl (C=S) groups is 1. The van der Waals surface area contributed by atoms with Crippen LogP contribution < -0.4 is 62.4 Å². The summed E-state index contributed by atoms with van der Waals surface area (Å²) in [5.74, 6) is -0.496. The molecule has 0 aliphatic rings. The van der Waals surface area contributed by atoms with Gasteiger partial charge in [0.1, 0.15) is 0 Å². The van der Waals surface area contributed by atoms with Crippen molar-refractivity contribution >= 4 is 27.4 Å². The van der Waals surface area contributed by atoms with Gasteiger partial charge in [-0.1, -0.05) is 0 Å². The van der Waals surface area contributed by atoms with Crippen molar-refractivity contribution in [1.29, 1.82) is 0 Å². The fourth-order valence-electron chi connectivity index (χ4n) is 0.299. The molecule has 0 spiro atoms. The summed E-state index contributed by atoms with van der Waals surface area (Å²) in [4.78, 5) is 0. The van der Waals surface area contributed by atoms with Crippen LogP contribution in [0.1, 0.15) is 0 Å². The van der Waals surface area contributed by atoms with E-state index in [4.69, 9.17) is 5.73 Å². The largest absolute Gasteiger partial charge is 1.00 e. The number of hydrogen-bond acceptors (Lipinski definition) is 4. The summed E-state index contributed by atoms with van der Waals surface area (Å²) in [7, 11) is -4.15. The van der Waals surface area contributed by atoms with Gasteiger partial charge in [-0.15, -0.1) is 0 Å². The van der Waals surface area contributed by atoms with Gasteiger partial charge in [-0.25, -0.2) is 8.42 Å². The summed E-state index contributed by atoms with van der Waals surface area (Å²) >= 11 is 4.35. The van der Waals surface area contributed by atoms with E-state index in [-0.39, 0.29) is 63.0 Å². The summed E-state index contributed by atoms with van der Waals surface area (Å²) in [6.07, 6.45) is 0. The topological polar surface area (TPSA) is 95.2 Å². The van der Waals surface area contributed by atoms with Crippen LogP contribution in [0.3, 0.4) is 0 Å². The number of hydrogen-bond donors (Lipinski definition) is 2. The zero-order chi connectivity index (χ0) is 8.20. The maximum Gasteiger partial charge on any atom is 1.00 e. The Morgan fingerprint density at radius 3 is 2.36 bits per heavy atom. The third-order valence-corrected chi connectivity index (χ3v) is 1.50. The molecule has 0 aliphatic heterocycles. The van der Waals surface area contributed by atoms with Gasteiger partial charge in [-0.2, -0.15) is 0 Å². The molecule has 0 amide bonds. The fraction of sp³-hybridized carbons (Fsp3) is 0.667. The van der Waals surface area contributed by atoms with Crippen molar-refractivity contribution in [3.05, 3.63) is 0 Å². The predicted molar refractivity (Wildman–Crippen MR) is 39.4 cm³/mol. The van der Waals surface area contributed by atoms with Gasteiger partial charge < -0.3 is 15.6 Å². The number of nitrogens with one attached hydrogen (secondary N) is 1. The van der Waals surface area contributed by atoms with Crippen molar-refractivity contribution in [2.75, 3.05) is 12.3 Å². The molecule has 0 atom stereocenters. The monoisotopic (exact) mass is 222 g/mol. The van der Waals surface area contributed by atoms with Gasteiger partial charge in [-0.3, -0.25) is 0 Å². The Morgan fingerprint density at radius 2 is 2.09 bits per heavy atom. The first-order chi connectivity index (χ1) is 4.42. The summed E-state index contributed by atoms with van der Waals surface area (Å²) in [6.45, 7) is -0.0266. The molecule has 3 N–H and O–H groups in total. The Kier molecular flexibility index (Phi) is 9.01. The average Bonchev–Trinajstić information content (AvgIpc) is 1.59. The third-order valence-electron chi connectivity index (χ3n) is 0.651. The normalized spacial score (nSPS) is 9.91. The summed E-state index contributed by atoms with van der Waals surface area (Å²) in [5, 5.41) is 2.32. The van der Waals surface area contributed by atoms with Crippen LogP contribution in [0.2, 0.25) is 0 Å². The molecule has 0 fully saturated rings. The smallest absolute Gasteiger partial charge is 0.748 e. The van der Waals surface area contributed by atoms with Gasteiger partial charge in [0.25, 0.3) is 0 Å². The third kappa shape index (κ3) is 14.1. The van der Waals surface area contributed by atoms with Gasteiger partial charge >= 0.3 is 51.4 Å². The number of nitrogens with two attached hydrogens (primary N) is 1. The van der Waals surface area contributed by atoms with E-state index in [9.17, 15) is 13.0 Å². The minimum Gasteiger partial charge on any atom is -0.748 e. The van der Waals surface area contributed by atoms with Crippen LogP contribution in [0, 0.1) is 0 Å². The van der Waals surface area contributed by atoms with Crippen LogP contribution in [-0.2, 0) is 10.1 Å². The zero-order valence-corrected chi connectivity index (χ0v) is 10.8. The van der Waals surface area contributed by atoms with Gasteiger partial charge in [0.05, 0.1) is 15.9 Å². The SMILES string of the molecule is NC(=S)NCCS(=O)(=O)[O-].[K+]. The molecule has 0 aromatic rings. The van der Waals surface area contributed by atoms with Crippen LogP contribution in [0.5, 0.6) is 0 Å². The summed E-state index contributed by atoms with van der Waals surface area (Å²) in [6, 6.07) is 0. The van der Waals surface area contributed by atoms with Gasteiger partial charge in [0.2, 0.25) is 0 Å². The molecule has 0 saturated heterocycles. The second kappa shape index (κ2) is 6.72. The summed E-state index contributed by atoms with van der Waals surface area (Å²) in [5.41, 5.74) is 4.95. The van der Waals surface area contributed by atoms with Crippen molar-refractivity contribution in [2.45, 2.75) is 0 Å². The molecule has 8 heteroatoms. The van der Waals surface area contributed by atoms with Crippen molar-refractivity contribution < 1.29 is 64.4 Å². The molecule has 0 bridgehead atoms. The molecule has 0 saturated carbocycles. The second-order valence-corrected chi connectivity index (χ2v) is 3.52. The molecule has 0 unspecified atom stereocenters. The number of rotatable bonds is 3. The second-order valence-electron chi connectivity index (χ2n) is 1.55. The molecular weight excluding hydrogens is 215 g/mol. The molecule has 0 aromatic heterocycles. The Balaban J connectivity index is 0. The Labute approximate surface area is 113 Å². The molecule has 11 heavy (non-hydrogen) atoms. The van der Waals surface area contributed by atoms with Crippen LogP contribution in [0.25, 0.3) is 0 Å². The van der Waals surface area contributed by atoms with E-state index in [1.165, 1.54) is 0 Å². The first kappa shape index (κ1) is 14.7. The molecule has 60 valence electrons. The van der Waals surface area contributed by atoms with Crippen molar-refractivity contribution in [3.8, 4) is 0 Å². The Bertz CT molecular complexity index is 215. The van der Waals surface area contributed by atoms with E-state index in [0.717, 1.165) is 0 Å². The molecule has 0 rings (SSSR count). The molecule has 0 aromatic carbocycles. The predicted octanol–water partition coefficient (Wildman–Crippen LogP) is -4.63. The molecular formula is C3H7KN2O3S2. The quantitative estimate of drug-likeness (QED) is 0.283. The fourth-order valence-corrected chi connectivity index (χ4v) is 0.753. The van der Waals surface area contributed by atoms with Crippen molar-refractivity contribution in [1.82, 2.24) is 5.32 Å². The van der Waals surface area contributed by atoms with E-state index in [1.807, 2.05) is 0 Å². The molecule has 0 heterocycles. The molecule has 0 radical (unpaired) electrons. The molecule has 0 aliphatic carbocycles. The Morgan fingerprint density at radius 1 is 1.64 bits per heavy atom. The van der Waals surface area contributed by atoms with Gasteiger partial charge in [0.15, 0.2) is 5.11 Å². The minimum absolute atomic E-state index is 0. The van der Waals surface area contributed by atoms with Gasteiger partial charge in [0, 0.05) is 6.54 Å². The average molecular weight is 222 g/mol. The maximum absolute atomic E-state index is 9.93. The van der Waals surface area contributed by atoms with E-state index in [0.29, 0.717) is 0 Å².